The molecule has 0 unspecified atom stereocenters. The fourth-order valence-electron chi connectivity index (χ4n) is 5.49. The second-order valence-electron chi connectivity index (χ2n) is 10.4. The van der Waals surface area contributed by atoms with Crippen LogP contribution in [-0.4, -0.2) is 88.2 Å². The first-order chi connectivity index (χ1) is 19.9. The first kappa shape index (κ1) is 26.6. The van der Waals surface area contributed by atoms with Gasteiger partial charge in [0.25, 0.3) is 5.91 Å². The number of carbonyl (C=O) groups excluding carboxylic acids is 1. The minimum absolute atomic E-state index is 0.0513. The van der Waals surface area contributed by atoms with Gasteiger partial charge in [-0.15, -0.1) is 0 Å². The lowest BCUT2D eigenvalue weighted by Crippen LogP contribution is -2.54. The average Bonchev–Trinajstić information content (AvgIpc) is 3.46. The molecular weight excluding hydrogens is 524 g/mol. The van der Waals surface area contributed by atoms with E-state index >= 15 is 0 Å². The van der Waals surface area contributed by atoms with Crippen LogP contribution in [0.1, 0.15) is 29.2 Å². The number of carbonyl (C=O) groups is 2. The fraction of sp³-hybridized carbons (Fsp3) is 0.333. The first-order valence-corrected chi connectivity index (χ1v) is 13.6. The molecule has 0 bridgehead atoms. The number of piperidine rings is 1. The van der Waals surface area contributed by atoms with Crippen molar-refractivity contribution in [3.8, 4) is 16.9 Å². The average molecular weight is 557 g/mol. The second kappa shape index (κ2) is 11.1. The van der Waals surface area contributed by atoms with Gasteiger partial charge in [0.15, 0.2) is 0 Å². The van der Waals surface area contributed by atoms with Gasteiger partial charge in [-0.2, -0.15) is 5.10 Å². The summed E-state index contributed by atoms with van der Waals surface area (Å²) in [5.41, 5.74) is 3.27. The molecule has 0 aliphatic carbocycles. The van der Waals surface area contributed by atoms with Crippen molar-refractivity contribution < 1.29 is 24.2 Å². The Balaban J connectivity index is 1.22. The van der Waals surface area contributed by atoms with Crippen LogP contribution in [0.5, 0.6) is 5.75 Å². The minimum Gasteiger partial charge on any atom is -0.495 e. The van der Waals surface area contributed by atoms with Crippen LogP contribution in [-0.2, 0) is 4.74 Å². The number of rotatable bonds is 7. The number of hydrogen-bond acceptors (Lipinski definition) is 7. The number of anilines is 2. The van der Waals surface area contributed by atoms with E-state index < -0.39 is 6.09 Å². The molecule has 0 radical (unpaired) electrons. The molecule has 2 aliphatic heterocycles. The van der Waals surface area contributed by atoms with Crippen molar-refractivity contribution in [1.29, 1.82) is 0 Å². The smallest absolute Gasteiger partial charge is 0.407 e. The maximum Gasteiger partial charge on any atom is 0.407 e. The zero-order valence-electron chi connectivity index (χ0n) is 23.0. The standard InChI is InChI=1S/C30H32N6O5/c1-40-23-17-35(18-23)29(37)19-6-7-26(27(12-19)41-2)33-28-13-25-20(14-31-28)4-3-5-24(25)21-15-32-36(16-21)22-8-10-34(11-9-22)30(38)39/h3-7,12-16,22-23H,8-11,17-18H2,1-2H3,(H,31,33)(H,38,39). The van der Waals surface area contributed by atoms with Crippen LogP contribution in [0.3, 0.4) is 0 Å². The maximum atomic E-state index is 12.8. The van der Waals surface area contributed by atoms with E-state index in [1.807, 2.05) is 47.5 Å². The number of likely N-dealkylation sites (tertiary alicyclic amines) is 2. The Bertz CT molecular complexity index is 1590. The molecule has 2 aromatic heterocycles. The monoisotopic (exact) mass is 556 g/mol. The summed E-state index contributed by atoms with van der Waals surface area (Å²) >= 11 is 0. The molecule has 11 nitrogen and oxygen atoms in total. The molecule has 2 aromatic carbocycles. The molecule has 2 N–H and O–H groups in total. The number of amides is 2. The van der Waals surface area contributed by atoms with Crippen molar-refractivity contribution in [2.45, 2.75) is 25.0 Å². The van der Waals surface area contributed by atoms with Gasteiger partial charge in [0.2, 0.25) is 0 Å². The summed E-state index contributed by atoms with van der Waals surface area (Å²) in [5, 5.41) is 19.2. The van der Waals surface area contributed by atoms with Crippen molar-refractivity contribution in [3.05, 3.63) is 66.6 Å². The Morgan fingerprint density at radius 2 is 1.83 bits per heavy atom. The summed E-state index contributed by atoms with van der Waals surface area (Å²) in [7, 11) is 3.23. The Morgan fingerprint density at radius 1 is 1.02 bits per heavy atom. The molecule has 2 amide bonds. The number of ether oxygens (including phenoxy) is 2. The summed E-state index contributed by atoms with van der Waals surface area (Å²) in [6, 6.07) is 13.6. The summed E-state index contributed by atoms with van der Waals surface area (Å²) in [5.74, 6) is 1.14. The Morgan fingerprint density at radius 3 is 2.56 bits per heavy atom. The molecule has 2 fully saturated rings. The molecule has 2 aliphatic rings. The number of nitrogens with zero attached hydrogens (tertiary/aromatic N) is 5. The molecule has 6 rings (SSSR count). The second-order valence-corrected chi connectivity index (χ2v) is 10.4. The van der Waals surface area contributed by atoms with E-state index in [0.29, 0.717) is 49.0 Å². The zero-order valence-corrected chi connectivity index (χ0v) is 23.0. The van der Waals surface area contributed by atoms with Gasteiger partial charge in [0.05, 0.1) is 31.1 Å². The predicted molar refractivity (Wildman–Crippen MR) is 154 cm³/mol. The van der Waals surface area contributed by atoms with Crippen molar-refractivity contribution in [2.24, 2.45) is 0 Å². The van der Waals surface area contributed by atoms with E-state index in [4.69, 9.17) is 9.47 Å². The van der Waals surface area contributed by atoms with Crippen molar-refractivity contribution in [3.63, 3.8) is 0 Å². The molecule has 41 heavy (non-hydrogen) atoms. The van der Waals surface area contributed by atoms with Gasteiger partial charge in [0, 0.05) is 62.2 Å². The van der Waals surface area contributed by atoms with Crippen LogP contribution >= 0.6 is 0 Å². The van der Waals surface area contributed by atoms with Crippen LogP contribution in [0.2, 0.25) is 0 Å². The molecular formula is C30H32N6O5. The van der Waals surface area contributed by atoms with Gasteiger partial charge in [-0.25, -0.2) is 9.78 Å². The van der Waals surface area contributed by atoms with Crippen molar-refractivity contribution >= 4 is 34.3 Å². The number of aromatic nitrogens is 3. The minimum atomic E-state index is -0.868. The van der Waals surface area contributed by atoms with Crippen molar-refractivity contribution in [1.82, 2.24) is 24.6 Å². The highest BCUT2D eigenvalue weighted by molar-refractivity contribution is 5.98. The van der Waals surface area contributed by atoms with E-state index in [-0.39, 0.29) is 18.1 Å². The molecule has 0 atom stereocenters. The number of fused-ring (bicyclic) bond motifs is 1. The van der Waals surface area contributed by atoms with Gasteiger partial charge < -0.3 is 29.7 Å². The zero-order chi connectivity index (χ0) is 28.5. The van der Waals surface area contributed by atoms with Crippen LogP contribution in [0.15, 0.2) is 61.1 Å². The molecule has 0 spiro atoms. The van der Waals surface area contributed by atoms with Crippen molar-refractivity contribution in [2.75, 3.05) is 45.7 Å². The lowest BCUT2D eigenvalue weighted by Gasteiger charge is -2.38. The van der Waals surface area contributed by atoms with Gasteiger partial charge in [-0.3, -0.25) is 9.48 Å². The summed E-state index contributed by atoms with van der Waals surface area (Å²) in [6.45, 7) is 2.19. The van der Waals surface area contributed by atoms with E-state index in [9.17, 15) is 14.7 Å². The van der Waals surface area contributed by atoms with Crippen LogP contribution in [0, 0.1) is 0 Å². The van der Waals surface area contributed by atoms with E-state index in [2.05, 4.69) is 21.5 Å². The fourth-order valence-corrected chi connectivity index (χ4v) is 5.49. The largest absolute Gasteiger partial charge is 0.495 e. The number of nitrogens with one attached hydrogen (secondary N) is 1. The summed E-state index contributed by atoms with van der Waals surface area (Å²) in [4.78, 5) is 31.9. The van der Waals surface area contributed by atoms with Crippen LogP contribution in [0.4, 0.5) is 16.3 Å². The van der Waals surface area contributed by atoms with E-state index in [0.717, 1.165) is 34.7 Å². The Labute approximate surface area is 237 Å². The van der Waals surface area contributed by atoms with E-state index in [1.165, 1.54) is 4.90 Å². The third kappa shape index (κ3) is 5.28. The normalized spacial score (nSPS) is 16.0. The number of hydrogen-bond donors (Lipinski definition) is 2. The first-order valence-electron chi connectivity index (χ1n) is 13.6. The van der Waals surface area contributed by atoms with E-state index in [1.54, 1.807) is 31.3 Å². The number of methoxy groups -OCH3 is 2. The van der Waals surface area contributed by atoms with Crippen LogP contribution in [0.25, 0.3) is 21.9 Å². The van der Waals surface area contributed by atoms with Gasteiger partial charge in [-0.1, -0.05) is 18.2 Å². The van der Waals surface area contributed by atoms with Crippen LogP contribution < -0.4 is 10.1 Å². The Kier molecular flexibility index (Phi) is 7.19. The molecule has 2 saturated heterocycles. The topological polar surface area (TPSA) is 122 Å². The maximum absolute atomic E-state index is 12.8. The third-order valence-electron chi connectivity index (χ3n) is 7.97. The lowest BCUT2D eigenvalue weighted by atomic mass is 10.0. The Hall–Kier alpha value is -4.64. The van der Waals surface area contributed by atoms with Gasteiger partial charge >= 0.3 is 6.09 Å². The quantitative estimate of drug-likeness (QED) is 0.338. The molecule has 4 heterocycles. The SMILES string of the molecule is COc1cc(C(=O)N2CC(OC)C2)ccc1Nc1cc2c(-c3cnn(C4CCN(C(=O)O)CC4)c3)cccc2cn1. The highest BCUT2D eigenvalue weighted by Gasteiger charge is 2.31. The lowest BCUT2D eigenvalue weighted by molar-refractivity contribution is -0.0192. The van der Waals surface area contributed by atoms with Gasteiger partial charge in [-0.05, 0) is 48.1 Å². The molecule has 212 valence electrons. The molecule has 4 aromatic rings. The highest BCUT2D eigenvalue weighted by Crippen LogP contribution is 2.34. The number of pyridine rings is 1. The number of carboxylic acid groups (broad SMARTS) is 1. The molecule has 11 heteroatoms. The third-order valence-corrected chi connectivity index (χ3v) is 7.97. The number of benzene rings is 2. The van der Waals surface area contributed by atoms with Gasteiger partial charge in [0.1, 0.15) is 11.6 Å². The highest BCUT2D eigenvalue weighted by atomic mass is 16.5. The molecule has 0 saturated carbocycles. The summed E-state index contributed by atoms with van der Waals surface area (Å²) < 4.78 is 12.8. The summed E-state index contributed by atoms with van der Waals surface area (Å²) in [6.07, 6.45) is 6.42. The predicted octanol–water partition coefficient (Wildman–Crippen LogP) is 4.64.